The fraction of sp³-hybridized carbons (Fsp3) is 0.438. The fourth-order valence-corrected chi connectivity index (χ4v) is 2.20. The van der Waals surface area contributed by atoms with Gasteiger partial charge in [0.2, 0.25) is 0 Å². The zero-order chi connectivity index (χ0) is 14.1. The van der Waals surface area contributed by atoms with Gasteiger partial charge in [0.1, 0.15) is 0 Å². The molecular formula is C16H22ClNO. The standard InChI is InChI=1S/C16H22ClNO/c1-3-14(4-2)11-8-12-18(16(17)19)13-15-9-6-5-7-10-15/h3,5-7,9-10H,4,8,11-13H2,1-2H3/b14-3+. The summed E-state index contributed by atoms with van der Waals surface area (Å²) in [5.74, 6) is 0. The lowest BCUT2D eigenvalue weighted by atomic mass is 10.1. The first-order valence-electron chi connectivity index (χ1n) is 6.79. The molecule has 1 rings (SSSR count). The summed E-state index contributed by atoms with van der Waals surface area (Å²) in [7, 11) is 0. The van der Waals surface area contributed by atoms with Crippen molar-refractivity contribution in [2.24, 2.45) is 0 Å². The van der Waals surface area contributed by atoms with Gasteiger partial charge in [0.05, 0.1) is 0 Å². The Balaban J connectivity index is 2.48. The maximum Gasteiger partial charge on any atom is 0.316 e. The number of carbonyl (C=O) groups is 1. The van der Waals surface area contributed by atoms with Crippen molar-refractivity contribution in [3.63, 3.8) is 0 Å². The maximum absolute atomic E-state index is 11.4. The van der Waals surface area contributed by atoms with Crippen molar-refractivity contribution in [2.45, 2.75) is 39.7 Å². The van der Waals surface area contributed by atoms with Crippen LogP contribution in [0.15, 0.2) is 42.0 Å². The molecule has 0 aliphatic heterocycles. The van der Waals surface area contributed by atoms with E-state index in [2.05, 4.69) is 19.9 Å². The predicted molar refractivity (Wildman–Crippen MR) is 81.4 cm³/mol. The molecule has 0 N–H and O–H groups in total. The smallest absolute Gasteiger partial charge is 0.316 e. The molecular weight excluding hydrogens is 258 g/mol. The molecule has 19 heavy (non-hydrogen) atoms. The lowest BCUT2D eigenvalue weighted by Crippen LogP contribution is -2.26. The lowest BCUT2D eigenvalue weighted by Gasteiger charge is -2.20. The monoisotopic (exact) mass is 279 g/mol. The molecule has 1 aromatic carbocycles. The molecule has 0 unspecified atom stereocenters. The van der Waals surface area contributed by atoms with Crippen LogP contribution < -0.4 is 0 Å². The average Bonchev–Trinajstić information content (AvgIpc) is 2.43. The number of carbonyl (C=O) groups excluding carboxylic acids is 1. The molecule has 0 atom stereocenters. The summed E-state index contributed by atoms with van der Waals surface area (Å²) in [6, 6.07) is 9.94. The number of allylic oxidation sites excluding steroid dienone is 2. The van der Waals surface area contributed by atoms with Crippen LogP contribution in [0.2, 0.25) is 0 Å². The molecule has 0 radical (unpaired) electrons. The van der Waals surface area contributed by atoms with E-state index in [1.807, 2.05) is 30.3 Å². The third kappa shape index (κ3) is 5.93. The molecule has 0 aliphatic carbocycles. The van der Waals surface area contributed by atoms with Gasteiger partial charge < -0.3 is 4.90 Å². The Kier molecular flexibility index (Phi) is 7.27. The zero-order valence-electron chi connectivity index (χ0n) is 11.7. The average molecular weight is 280 g/mol. The number of hydrogen-bond acceptors (Lipinski definition) is 1. The Morgan fingerprint density at radius 1 is 1.32 bits per heavy atom. The highest BCUT2D eigenvalue weighted by Crippen LogP contribution is 2.13. The van der Waals surface area contributed by atoms with Gasteiger partial charge in [-0.25, -0.2) is 0 Å². The largest absolute Gasteiger partial charge is 0.325 e. The van der Waals surface area contributed by atoms with Crippen LogP contribution in [0.25, 0.3) is 0 Å². The van der Waals surface area contributed by atoms with Crippen LogP contribution in [0.3, 0.4) is 0 Å². The fourth-order valence-electron chi connectivity index (χ4n) is 2.06. The molecule has 104 valence electrons. The molecule has 0 fully saturated rings. The van der Waals surface area contributed by atoms with Gasteiger partial charge in [-0.3, -0.25) is 4.79 Å². The van der Waals surface area contributed by atoms with Crippen LogP contribution in [0.4, 0.5) is 4.79 Å². The van der Waals surface area contributed by atoms with Gasteiger partial charge in [-0.05, 0) is 43.4 Å². The van der Waals surface area contributed by atoms with Crippen LogP contribution in [0.5, 0.6) is 0 Å². The minimum absolute atomic E-state index is 0.373. The van der Waals surface area contributed by atoms with Crippen molar-refractivity contribution < 1.29 is 4.79 Å². The van der Waals surface area contributed by atoms with Crippen LogP contribution in [-0.2, 0) is 6.54 Å². The number of hydrogen-bond donors (Lipinski definition) is 0. The Hall–Kier alpha value is -1.28. The topological polar surface area (TPSA) is 20.3 Å². The Bertz CT molecular complexity index is 414. The number of rotatable bonds is 7. The highest BCUT2D eigenvalue weighted by atomic mass is 35.5. The Labute approximate surface area is 121 Å². The van der Waals surface area contributed by atoms with E-state index in [9.17, 15) is 4.79 Å². The zero-order valence-corrected chi connectivity index (χ0v) is 12.5. The van der Waals surface area contributed by atoms with Gasteiger partial charge in [-0.2, -0.15) is 0 Å². The van der Waals surface area contributed by atoms with Crippen LogP contribution in [0, 0.1) is 0 Å². The van der Waals surface area contributed by atoms with Crippen molar-refractivity contribution in [3.8, 4) is 0 Å². The summed E-state index contributed by atoms with van der Waals surface area (Å²) in [5, 5.41) is -0.373. The van der Waals surface area contributed by atoms with E-state index >= 15 is 0 Å². The second-order valence-corrected chi connectivity index (χ2v) is 4.89. The molecule has 0 saturated carbocycles. The van der Waals surface area contributed by atoms with E-state index in [1.165, 1.54) is 5.57 Å². The Morgan fingerprint density at radius 3 is 2.53 bits per heavy atom. The summed E-state index contributed by atoms with van der Waals surface area (Å²) in [5.41, 5.74) is 2.54. The molecule has 1 amide bonds. The van der Waals surface area contributed by atoms with Crippen molar-refractivity contribution in [2.75, 3.05) is 6.54 Å². The summed E-state index contributed by atoms with van der Waals surface area (Å²) >= 11 is 5.65. The Morgan fingerprint density at radius 2 is 2.00 bits per heavy atom. The van der Waals surface area contributed by atoms with Gasteiger partial charge in [-0.1, -0.05) is 48.9 Å². The van der Waals surface area contributed by atoms with Crippen molar-refractivity contribution in [3.05, 3.63) is 47.5 Å². The third-order valence-electron chi connectivity index (χ3n) is 3.25. The third-order valence-corrected chi connectivity index (χ3v) is 3.49. The molecule has 0 spiro atoms. The molecule has 2 nitrogen and oxygen atoms in total. The first-order chi connectivity index (χ1) is 9.17. The molecule has 1 aromatic rings. The van der Waals surface area contributed by atoms with E-state index < -0.39 is 0 Å². The number of amides is 1. The van der Waals surface area contributed by atoms with Crippen molar-refractivity contribution in [1.82, 2.24) is 4.90 Å². The molecule has 0 aliphatic rings. The second-order valence-electron chi connectivity index (χ2n) is 4.56. The molecule has 0 heterocycles. The van der Waals surface area contributed by atoms with E-state index in [0.717, 1.165) is 24.8 Å². The van der Waals surface area contributed by atoms with Crippen LogP contribution in [0.1, 0.15) is 38.7 Å². The van der Waals surface area contributed by atoms with E-state index in [1.54, 1.807) is 4.90 Å². The normalized spacial score (nSPS) is 11.4. The molecule has 3 heteroatoms. The van der Waals surface area contributed by atoms with Gasteiger partial charge in [0, 0.05) is 13.1 Å². The maximum atomic E-state index is 11.4. The van der Waals surface area contributed by atoms with Crippen LogP contribution in [-0.4, -0.2) is 16.8 Å². The number of halogens is 1. The SMILES string of the molecule is C/C=C(\CC)CCCN(Cc1ccccc1)C(=O)Cl. The summed E-state index contributed by atoms with van der Waals surface area (Å²) in [6.07, 6.45) is 5.22. The van der Waals surface area contributed by atoms with E-state index in [-0.39, 0.29) is 5.37 Å². The summed E-state index contributed by atoms with van der Waals surface area (Å²) < 4.78 is 0. The van der Waals surface area contributed by atoms with E-state index in [0.29, 0.717) is 13.1 Å². The minimum atomic E-state index is -0.373. The first kappa shape index (κ1) is 15.8. The quantitative estimate of drug-likeness (QED) is 0.391. The minimum Gasteiger partial charge on any atom is -0.325 e. The van der Waals surface area contributed by atoms with E-state index in [4.69, 9.17) is 11.6 Å². The molecule has 0 aromatic heterocycles. The highest BCUT2D eigenvalue weighted by Gasteiger charge is 2.10. The lowest BCUT2D eigenvalue weighted by molar-refractivity contribution is 0.218. The summed E-state index contributed by atoms with van der Waals surface area (Å²) in [6.45, 7) is 5.51. The number of nitrogens with zero attached hydrogens (tertiary/aromatic N) is 1. The van der Waals surface area contributed by atoms with Gasteiger partial charge >= 0.3 is 5.37 Å². The first-order valence-corrected chi connectivity index (χ1v) is 7.17. The number of benzene rings is 1. The highest BCUT2D eigenvalue weighted by molar-refractivity contribution is 6.62. The van der Waals surface area contributed by atoms with Gasteiger partial charge in [-0.15, -0.1) is 0 Å². The van der Waals surface area contributed by atoms with Gasteiger partial charge in [0.15, 0.2) is 0 Å². The van der Waals surface area contributed by atoms with Crippen LogP contribution >= 0.6 is 11.6 Å². The summed E-state index contributed by atoms with van der Waals surface area (Å²) in [4.78, 5) is 13.1. The molecule has 0 saturated heterocycles. The van der Waals surface area contributed by atoms with Crippen molar-refractivity contribution >= 4 is 17.0 Å². The second kappa shape index (κ2) is 8.76. The molecule has 0 bridgehead atoms. The van der Waals surface area contributed by atoms with Gasteiger partial charge in [0.25, 0.3) is 0 Å². The van der Waals surface area contributed by atoms with Crippen molar-refractivity contribution in [1.29, 1.82) is 0 Å². The predicted octanol–water partition coefficient (Wildman–Crippen LogP) is 4.98.